The second kappa shape index (κ2) is 5.25. The predicted molar refractivity (Wildman–Crippen MR) is 72.9 cm³/mol. The molecule has 2 aliphatic heterocycles. The quantitative estimate of drug-likeness (QED) is 0.788. The highest BCUT2D eigenvalue weighted by Crippen LogP contribution is 2.35. The molecule has 19 heavy (non-hydrogen) atoms. The van der Waals surface area contributed by atoms with Crippen LogP contribution in [0.2, 0.25) is 0 Å². The molecule has 1 saturated heterocycles. The van der Waals surface area contributed by atoms with Crippen LogP contribution in [0.1, 0.15) is 17.2 Å². The van der Waals surface area contributed by atoms with E-state index < -0.39 is 11.7 Å². The average molecular weight is 309 g/mol. The fraction of sp³-hybridized carbons (Fsp3) is 0.417. The highest BCUT2D eigenvalue weighted by Gasteiger charge is 2.33. The second-order valence-corrected chi connectivity index (χ2v) is 5.41. The molecular weight excluding hydrogens is 297 g/mol. The van der Waals surface area contributed by atoms with Crippen molar-refractivity contribution < 1.29 is 13.2 Å². The summed E-state index contributed by atoms with van der Waals surface area (Å²) in [6.45, 7) is 1.64. The Kier molecular flexibility index (Phi) is 4.01. The van der Waals surface area contributed by atoms with Crippen LogP contribution in [0.5, 0.6) is 0 Å². The standard InChI is InChI=1S/C12H11F3N2S.ClH/c13-12(14,15)9-3-1-2-8(6-9)10-7-17-4-5-18-11(17)16-10;/h1-3,6,10H,4-5,7H2;1H. The van der Waals surface area contributed by atoms with Gasteiger partial charge in [-0.2, -0.15) is 13.2 Å². The zero-order valence-corrected chi connectivity index (χ0v) is 11.5. The smallest absolute Gasteiger partial charge is 0.348 e. The maximum atomic E-state index is 12.6. The lowest BCUT2D eigenvalue weighted by atomic mass is 10.0. The van der Waals surface area contributed by atoms with E-state index in [1.807, 2.05) is 0 Å². The molecule has 0 amide bonds. The van der Waals surface area contributed by atoms with Gasteiger partial charge in [-0.15, -0.1) is 12.4 Å². The maximum Gasteiger partial charge on any atom is 0.416 e. The number of hydrogen-bond donors (Lipinski definition) is 0. The van der Waals surface area contributed by atoms with Crippen LogP contribution in [0.25, 0.3) is 0 Å². The summed E-state index contributed by atoms with van der Waals surface area (Å²) in [5.41, 5.74) is 0.0484. The molecule has 7 heteroatoms. The lowest BCUT2D eigenvalue weighted by Crippen LogP contribution is -2.21. The third-order valence-corrected chi connectivity index (χ3v) is 4.13. The van der Waals surface area contributed by atoms with Crippen molar-refractivity contribution in [1.82, 2.24) is 4.90 Å². The third kappa shape index (κ3) is 2.84. The molecule has 0 N–H and O–H groups in total. The number of rotatable bonds is 1. The summed E-state index contributed by atoms with van der Waals surface area (Å²) in [4.78, 5) is 6.62. The van der Waals surface area contributed by atoms with Crippen LogP contribution in [0, 0.1) is 0 Å². The van der Waals surface area contributed by atoms with E-state index in [-0.39, 0.29) is 18.4 Å². The van der Waals surface area contributed by atoms with Gasteiger partial charge in [-0.05, 0) is 17.7 Å². The molecule has 3 rings (SSSR count). The normalized spacial score (nSPS) is 21.9. The fourth-order valence-electron chi connectivity index (χ4n) is 2.21. The van der Waals surface area contributed by atoms with Crippen molar-refractivity contribution in [3.05, 3.63) is 35.4 Å². The number of halogens is 4. The summed E-state index contributed by atoms with van der Waals surface area (Å²) in [7, 11) is 0. The van der Waals surface area contributed by atoms with E-state index >= 15 is 0 Å². The number of fused-ring (bicyclic) bond motifs is 1. The first-order valence-electron chi connectivity index (χ1n) is 5.67. The van der Waals surface area contributed by atoms with E-state index in [2.05, 4.69) is 9.89 Å². The Balaban J connectivity index is 0.00000133. The number of amidine groups is 1. The number of thioether (sulfide) groups is 1. The Morgan fingerprint density at radius 2 is 2.11 bits per heavy atom. The van der Waals surface area contributed by atoms with Gasteiger partial charge in [0.2, 0.25) is 0 Å². The first-order valence-corrected chi connectivity index (χ1v) is 6.65. The van der Waals surface area contributed by atoms with Gasteiger partial charge in [-0.3, -0.25) is 4.99 Å². The average Bonchev–Trinajstić information content (AvgIpc) is 2.88. The van der Waals surface area contributed by atoms with Crippen molar-refractivity contribution in [3.8, 4) is 0 Å². The summed E-state index contributed by atoms with van der Waals surface area (Å²) in [6.07, 6.45) is -4.29. The SMILES string of the molecule is Cl.FC(F)(F)c1cccc(C2CN3CCSC3=N2)c1. The third-order valence-electron chi connectivity index (χ3n) is 3.12. The molecule has 1 fully saturated rings. The number of nitrogens with zero attached hydrogens (tertiary/aromatic N) is 2. The van der Waals surface area contributed by atoms with Crippen molar-refractivity contribution in [2.75, 3.05) is 18.8 Å². The van der Waals surface area contributed by atoms with Crippen molar-refractivity contribution >= 4 is 29.3 Å². The number of alkyl halides is 3. The van der Waals surface area contributed by atoms with Crippen molar-refractivity contribution in [3.63, 3.8) is 0 Å². The maximum absolute atomic E-state index is 12.6. The lowest BCUT2D eigenvalue weighted by molar-refractivity contribution is -0.137. The topological polar surface area (TPSA) is 15.6 Å². The van der Waals surface area contributed by atoms with E-state index in [4.69, 9.17) is 0 Å². The first-order chi connectivity index (χ1) is 8.54. The molecule has 2 aliphatic rings. The minimum Gasteiger partial charge on any atom is -0.348 e. The van der Waals surface area contributed by atoms with Crippen molar-refractivity contribution in [2.45, 2.75) is 12.2 Å². The summed E-state index contributed by atoms with van der Waals surface area (Å²) >= 11 is 1.67. The second-order valence-electron chi connectivity index (χ2n) is 4.35. The molecule has 1 atom stereocenters. The Morgan fingerprint density at radius 1 is 1.32 bits per heavy atom. The van der Waals surface area contributed by atoms with E-state index in [0.29, 0.717) is 12.1 Å². The van der Waals surface area contributed by atoms with Gasteiger partial charge in [0.1, 0.15) is 0 Å². The minimum absolute atomic E-state index is 0. The highest BCUT2D eigenvalue weighted by atomic mass is 35.5. The van der Waals surface area contributed by atoms with Crippen molar-refractivity contribution in [1.29, 1.82) is 0 Å². The number of hydrogen-bond acceptors (Lipinski definition) is 3. The van der Waals surface area contributed by atoms with Gasteiger partial charge in [-0.25, -0.2) is 0 Å². The van der Waals surface area contributed by atoms with E-state index in [1.165, 1.54) is 12.1 Å². The number of benzene rings is 1. The Labute approximate surface area is 119 Å². The number of aliphatic imine (C=N–C) groups is 1. The van der Waals surface area contributed by atoms with Crippen LogP contribution in [0.15, 0.2) is 29.3 Å². The molecule has 0 radical (unpaired) electrons. The van der Waals surface area contributed by atoms with E-state index in [0.717, 1.165) is 23.5 Å². The van der Waals surface area contributed by atoms with Crippen LogP contribution < -0.4 is 0 Å². The Hall–Kier alpha value is -0.880. The molecule has 0 aromatic heterocycles. The van der Waals surface area contributed by atoms with E-state index in [9.17, 15) is 13.2 Å². The molecule has 2 nitrogen and oxygen atoms in total. The summed E-state index contributed by atoms with van der Waals surface area (Å²) in [5, 5.41) is 0.970. The Bertz CT molecular complexity index is 504. The molecule has 0 aliphatic carbocycles. The molecule has 1 unspecified atom stereocenters. The van der Waals surface area contributed by atoms with Crippen LogP contribution in [-0.2, 0) is 6.18 Å². The molecule has 0 saturated carbocycles. The van der Waals surface area contributed by atoms with Gasteiger partial charge in [0.25, 0.3) is 0 Å². The lowest BCUT2D eigenvalue weighted by Gasteiger charge is -2.14. The van der Waals surface area contributed by atoms with Gasteiger partial charge in [0, 0.05) is 18.8 Å². The monoisotopic (exact) mass is 308 g/mol. The van der Waals surface area contributed by atoms with Crippen molar-refractivity contribution in [2.24, 2.45) is 4.99 Å². The molecule has 1 aromatic carbocycles. The fourth-order valence-corrected chi connectivity index (χ4v) is 3.25. The van der Waals surface area contributed by atoms with Crippen LogP contribution in [0.4, 0.5) is 13.2 Å². The molecule has 0 bridgehead atoms. The largest absolute Gasteiger partial charge is 0.416 e. The summed E-state index contributed by atoms with van der Waals surface area (Å²) in [6, 6.07) is 5.32. The summed E-state index contributed by atoms with van der Waals surface area (Å²) in [5.74, 6) is 1.02. The van der Waals surface area contributed by atoms with Gasteiger partial charge in [0.05, 0.1) is 11.6 Å². The first kappa shape index (κ1) is 14.5. The molecule has 2 heterocycles. The molecule has 0 spiro atoms. The van der Waals surface area contributed by atoms with Gasteiger partial charge in [-0.1, -0.05) is 23.9 Å². The van der Waals surface area contributed by atoms with Gasteiger partial charge in [0.15, 0.2) is 5.17 Å². The van der Waals surface area contributed by atoms with E-state index in [1.54, 1.807) is 17.8 Å². The zero-order valence-electron chi connectivity index (χ0n) is 9.85. The van der Waals surface area contributed by atoms with Crippen LogP contribution in [-0.4, -0.2) is 28.9 Å². The Morgan fingerprint density at radius 3 is 2.79 bits per heavy atom. The molecule has 1 aromatic rings. The summed E-state index contributed by atoms with van der Waals surface area (Å²) < 4.78 is 37.9. The predicted octanol–water partition coefficient (Wildman–Crippen LogP) is 3.59. The van der Waals surface area contributed by atoms with Gasteiger partial charge >= 0.3 is 6.18 Å². The van der Waals surface area contributed by atoms with Gasteiger partial charge < -0.3 is 4.90 Å². The molecule has 104 valence electrons. The van der Waals surface area contributed by atoms with Crippen LogP contribution >= 0.6 is 24.2 Å². The minimum atomic E-state index is -4.29. The molecular formula is C12H12ClF3N2S. The van der Waals surface area contributed by atoms with Crippen LogP contribution in [0.3, 0.4) is 0 Å². The highest BCUT2D eigenvalue weighted by molar-refractivity contribution is 8.14. The zero-order chi connectivity index (χ0) is 12.8.